The van der Waals surface area contributed by atoms with Crippen LogP contribution in [0.4, 0.5) is 0 Å². The van der Waals surface area contributed by atoms with Crippen LogP contribution in [-0.2, 0) is 9.53 Å². The predicted octanol–water partition coefficient (Wildman–Crippen LogP) is 0.0189. The molecule has 76 valence electrons. The number of hydrogen-bond acceptors (Lipinski definition) is 3. The molecule has 1 aliphatic heterocycles. The molecule has 2 unspecified atom stereocenters. The van der Waals surface area contributed by atoms with E-state index in [1.54, 1.807) is 0 Å². The van der Waals surface area contributed by atoms with Crippen molar-refractivity contribution >= 4 is 5.91 Å². The van der Waals surface area contributed by atoms with Crippen LogP contribution in [0.15, 0.2) is 0 Å². The molecule has 0 saturated carbocycles. The van der Waals surface area contributed by atoms with Crippen LogP contribution in [0.1, 0.15) is 26.7 Å². The summed E-state index contributed by atoms with van der Waals surface area (Å²) in [6, 6.07) is -0.391. The third kappa shape index (κ3) is 2.67. The summed E-state index contributed by atoms with van der Waals surface area (Å²) in [5.74, 6) is -0.0736. The van der Waals surface area contributed by atoms with E-state index in [0.29, 0.717) is 13.0 Å². The third-order valence-electron chi connectivity index (χ3n) is 2.42. The van der Waals surface area contributed by atoms with E-state index in [0.717, 1.165) is 13.0 Å². The minimum atomic E-state index is -0.391. The molecule has 1 saturated heterocycles. The second-order valence-corrected chi connectivity index (χ2v) is 3.87. The Hall–Kier alpha value is -0.610. The quantitative estimate of drug-likeness (QED) is 0.653. The van der Waals surface area contributed by atoms with E-state index in [1.807, 2.05) is 13.8 Å². The first-order chi connectivity index (χ1) is 6.07. The fourth-order valence-corrected chi connectivity index (χ4v) is 1.34. The van der Waals surface area contributed by atoms with Gasteiger partial charge in [0.05, 0.1) is 18.2 Å². The Morgan fingerprint density at radius 1 is 1.77 bits per heavy atom. The molecule has 1 aliphatic rings. The van der Waals surface area contributed by atoms with Crippen LogP contribution < -0.4 is 11.1 Å². The van der Waals surface area contributed by atoms with Crippen LogP contribution in [0.5, 0.6) is 0 Å². The van der Waals surface area contributed by atoms with Gasteiger partial charge in [0.25, 0.3) is 0 Å². The number of carbonyl (C=O) groups is 1. The lowest BCUT2D eigenvalue weighted by Gasteiger charge is -2.25. The summed E-state index contributed by atoms with van der Waals surface area (Å²) in [7, 11) is 0. The number of carbonyl (C=O) groups excluding carboxylic acids is 1. The van der Waals surface area contributed by atoms with Gasteiger partial charge in [-0.2, -0.15) is 0 Å². The third-order valence-corrected chi connectivity index (χ3v) is 2.42. The first-order valence-corrected chi connectivity index (χ1v) is 4.73. The zero-order valence-electron chi connectivity index (χ0n) is 8.30. The smallest absolute Gasteiger partial charge is 0.237 e. The maximum atomic E-state index is 11.4. The van der Waals surface area contributed by atoms with Crippen molar-refractivity contribution in [1.29, 1.82) is 0 Å². The van der Waals surface area contributed by atoms with Crippen LogP contribution in [0.2, 0.25) is 0 Å². The molecule has 4 heteroatoms. The number of amides is 1. The Morgan fingerprint density at radius 2 is 2.46 bits per heavy atom. The molecule has 0 aromatic heterocycles. The summed E-state index contributed by atoms with van der Waals surface area (Å²) in [5.41, 5.74) is 5.40. The number of hydrogen-bond donors (Lipinski definition) is 2. The van der Waals surface area contributed by atoms with Gasteiger partial charge in [-0.05, 0) is 19.8 Å². The number of nitrogens with two attached hydrogens (primary N) is 1. The summed E-state index contributed by atoms with van der Waals surface area (Å²) in [6.07, 6.45) is 1.54. The van der Waals surface area contributed by atoms with Crippen LogP contribution in [0, 0.1) is 0 Å². The van der Waals surface area contributed by atoms with E-state index in [9.17, 15) is 4.79 Å². The fraction of sp³-hybridized carbons (Fsp3) is 0.889. The first kappa shape index (κ1) is 10.5. The van der Waals surface area contributed by atoms with Crippen molar-refractivity contribution in [2.75, 3.05) is 13.2 Å². The molecule has 0 aromatic rings. The average molecular weight is 186 g/mol. The van der Waals surface area contributed by atoms with Crippen molar-refractivity contribution < 1.29 is 9.53 Å². The Balaban J connectivity index is 2.43. The molecule has 0 spiro atoms. The van der Waals surface area contributed by atoms with E-state index in [1.165, 1.54) is 0 Å². The molecule has 1 rings (SSSR count). The molecule has 0 aromatic carbocycles. The van der Waals surface area contributed by atoms with Gasteiger partial charge in [0.15, 0.2) is 0 Å². The second-order valence-electron chi connectivity index (χ2n) is 3.87. The molecular weight excluding hydrogens is 168 g/mol. The minimum Gasteiger partial charge on any atom is -0.379 e. The van der Waals surface area contributed by atoms with Crippen LogP contribution in [0.3, 0.4) is 0 Å². The lowest BCUT2D eigenvalue weighted by molar-refractivity contribution is -0.124. The van der Waals surface area contributed by atoms with E-state index in [-0.39, 0.29) is 11.4 Å². The van der Waals surface area contributed by atoms with Gasteiger partial charge in [-0.25, -0.2) is 0 Å². The van der Waals surface area contributed by atoms with Gasteiger partial charge in [0.2, 0.25) is 5.91 Å². The molecule has 0 bridgehead atoms. The number of ether oxygens (including phenoxy) is 1. The average Bonchev–Trinajstić information content (AvgIpc) is 2.50. The largest absolute Gasteiger partial charge is 0.379 e. The Labute approximate surface area is 78.8 Å². The van der Waals surface area contributed by atoms with E-state index >= 15 is 0 Å². The molecule has 0 radical (unpaired) electrons. The van der Waals surface area contributed by atoms with E-state index in [2.05, 4.69) is 5.32 Å². The SMILES string of the molecule is CCC(N)C(=O)NC1(C)CCOC1. The molecule has 1 fully saturated rings. The van der Waals surface area contributed by atoms with Crippen molar-refractivity contribution in [3.8, 4) is 0 Å². The van der Waals surface area contributed by atoms with Crippen molar-refractivity contribution in [2.45, 2.75) is 38.3 Å². The molecule has 1 heterocycles. The van der Waals surface area contributed by atoms with Gasteiger partial charge in [-0.15, -0.1) is 0 Å². The standard InChI is InChI=1S/C9H18N2O2/c1-3-7(10)8(12)11-9(2)4-5-13-6-9/h7H,3-6,10H2,1-2H3,(H,11,12). The van der Waals surface area contributed by atoms with Gasteiger partial charge in [0.1, 0.15) is 0 Å². The summed E-state index contributed by atoms with van der Waals surface area (Å²) in [5, 5.41) is 2.92. The first-order valence-electron chi connectivity index (χ1n) is 4.73. The summed E-state index contributed by atoms with van der Waals surface area (Å²) >= 11 is 0. The van der Waals surface area contributed by atoms with Crippen molar-refractivity contribution in [1.82, 2.24) is 5.32 Å². The van der Waals surface area contributed by atoms with Crippen LogP contribution in [0.25, 0.3) is 0 Å². The predicted molar refractivity (Wildman–Crippen MR) is 50.3 cm³/mol. The van der Waals surface area contributed by atoms with Crippen molar-refractivity contribution in [3.05, 3.63) is 0 Å². The van der Waals surface area contributed by atoms with Gasteiger partial charge in [-0.1, -0.05) is 6.92 Å². The normalized spacial score (nSPS) is 30.1. The molecule has 3 N–H and O–H groups in total. The summed E-state index contributed by atoms with van der Waals surface area (Å²) < 4.78 is 5.22. The molecule has 2 atom stereocenters. The Bertz CT molecular complexity index is 188. The zero-order valence-corrected chi connectivity index (χ0v) is 8.30. The highest BCUT2D eigenvalue weighted by Crippen LogP contribution is 2.17. The monoisotopic (exact) mass is 186 g/mol. The van der Waals surface area contributed by atoms with Crippen LogP contribution >= 0.6 is 0 Å². The van der Waals surface area contributed by atoms with Crippen molar-refractivity contribution in [3.63, 3.8) is 0 Å². The van der Waals surface area contributed by atoms with Gasteiger partial charge >= 0.3 is 0 Å². The fourth-order valence-electron chi connectivity index (χ4n) is 1.34. The van der Waals surface area contributed by atoms with E-state index < -0.39 is 6.04 Å². The summed E-state index contributed by atoms with van der Waals surface area (Å²) in [6.45, 7) is 5.20. The Kier molecular flexibility index (Phi) is 3.27. The highest BCUT2D eigenvalue weighted by Gasteiger charge is 2.32. The highest BCUT2D eigenvalue weighted by atomic mass is 16.5. The van der Waals surface area contributed by atoms with Crippen LogP contribution in [-0.4, -0.2) is 30.7 Å². The number of rotatable bonds is 3. The zero-order chi connectivity index (χ0) is 9.90. The van der Waals surface area contributed by atoms with Gasteiger partial charge < -0.3 is 15.8 Å². The van der Waals surface area contributed by atoms with Gasteiger partial charge in [-0.3, -0.25) is 4.79 Å². The molecular formula is C9H18N2O2. The number of nitrogens with one attached hydrogen (secondary N) is 1. The molecule has 4 nitrogen and oxygen atoms in total. The second kappa shape index (κ2) is 4.07. The lowest BCUT2D eigenvalue weighted by atomic mass is 10.0. The lowest BCUT2D eigenvalue weighted by Crippen LogP contribution is -2.52. The van der Waals surface area contributed by atoms with E-state index in [4.69, 9.17) is 10.5 Å². The molecule has 0 aliphatic carbocycles. The van der Waals surface area contributed by atoms with Crippen molar-refractivity contribution in [2.24, 2.45) is 5.73 Å². The van der Waals surface area contributed by atoms with Gasteiger partial charge in [0, 0.05) is 6.61 Å². The highest BCUT2D eigenvalue weighted by molar-refractivity contribution is 5.82. The Morgan fingerprint density at radius 3 is 2.92 bits per heavy atom. The maximum Gasteiger partial charge on any atom is 0.237 e. The molecule has 13 heavy (non-hydrogen) atoms. The molecule has 1 amide bonds. The topological polar surface area (TPSA) is 64.4 Å². The maximum absolute atomic E-state index is 11.4. The summed E-state index contributed by atoms with van der Waals surface area (Å²) in [4.78, 5) is 11.4. The minimum absolute atomic E-state index is 0.0736.